The van der Waals surface area contributed by atoms with Gasteiger partial charge in [-0.2, -0.15) is 4.98 Å². The molecule has 0 unspecified atom stereocenters. The van der Waals surface area contributed by atoms with Crippen molar-refractivity contribution in [3.63, 3.8) is 0 Å². The van der Waals surface area contributed by atoms with Crippen molar-refractivity contribution in [2.24, 2.45) is 5.16 Å². The van der Waals surface area contributed by atoms with E-state index in [9.17, 15) is 17.6 Å². The summed E-state index contributed by atoms with van der Waals surface area (Å²) in [5.74, 6) is -0.334. The van der Waals surface area contributed by atoms with Gasteiger partial charge in [0, 0.05) is 37.8 Å². The van der Waals surface area contributed by atoms with Crippen molar-refractivity contribution >= 4 is 21.6 Å². The van der Waals surface area contributed by atoms with Gasteiger partial charge in [0.25, 0.3) is 5.88 Å². The number of rotatable bonds is 6. The Balaban J connectivity index is 1.71. The molecule has 3 rings (SSSR count). The highest BCUT2D eigenvalue weighted by Crippen LogP contribution is 2.26. The molecule has 2 aromatic rings. The van der Waals surface area contributed by atoms with Crippen LogP contribution in [0.5, 0.6) is 11.8 Å². The molecule has 0 radical (unpaired) electrons. The first-order valence-corrected chi connectivity index (χ1v) is 11.6. The zero-order valence-corrected chi connectivity index (χ0v) is 18.6. The number of aromatic nitrogens is 2. The number of halogens is 1. The summed E-state index contributed by atoms with van der Waals surface area (Å²) in [6, 6.07) is 3.55. The molecule has 12 heteroatoms. The van der Waals surface area contributed by atoms with Gasteiger partial charge in [-0.3, -0.25) is 0 Å². The first kappa shape index (κ1) is 23.4. The molecule has 1 aliphatic heterocycles. The van der Waals surface area contributed by atoms with Gasteiger partial charge in [0.2, 0.25) is 5.88 Å². The van der Waals surface area contributed by atoms with E-state index in [1.54, 1.807) is 6.92 Å². The predicted molar refractivity (Wildman–Crippen MR) is 112 cm³/mol. The van der Waals surface area contributed by atoms with Crippen molar-refractivity contribution in [3.05, 3.63) is 41.5 Å². The molecule has 0 aliphatic carbocycles. The van der Waals surface area contributed by atoms with Crippen LogP contribution in [0.2, 0.25) is 0 Å². The number of oxime groups is 1. The van der Waals surface area contributed by atoms with Crippen molar-refractivity contribution in [3.8, 4) is 11.8 Å². The Bertz CT molecular complexity index is 1150. The summed E-state index contributed by atoms with van der Waals surface area (Å²) in [4.78, 5) is 25.7. The van der Waals surface area contributed by atoms with Gasteiger partial charge in [0.05, 0.1) is 16.2 Å². The fraction of sp³-hybridized carbons (Fsp3) is 0.400. The number of amides is 1. The van der Waals surface area contributed by atoms with E-state index < -0.39 is 21.7 Å². The quantitative estimate of drug-likeness (QED) is 0.508. The summed E-state index contributed by atoms with van der Waals surface area (Å²) in [7, 11) is -3.53. The van der Waals surface area contributed by atoms with Crippen LogP contribution in [0.4, 0.5) is 9.18 Å². The van der Waals surface area contributed by atoms with E-state index in [2.05, 4.69) is 15.1 Å². The third-order valence-electron chi connectivity index (χ3n) is 5.01. The van der Waals surface area contributed by atoms with E-state index in [-0.39, 0.29) is 28.2 Å². The van der Waals surface area contributed by atoms with E-state index in [1.807, 2.05) is 0 Å². The lowest BCUT2D eigenvalue weighted by Gasteiger charge is -2.30. The van der Waals surface area contributed by atoms with Gasteiger partial charge >= 0.3 is 6.09 Å². The van der Waals surface area contributed by atoms with Gasteiger partial charge in [-0.15, -0.1) is 0 Å². The molecule has 1 saturated heterocycles. The first-order valence-electron chi connectivity index (χ1n) is 9.74. The van der Waals surface area contributed by atoms with Gasteiger partial charge in [0.15, 0.2) is 9.84 Å². The van der Waals surface area contributed by atoms with Crippen molar-refractivity contribution in [1.29, 1.82) is 0 Å². The molecule has 1 aromatic carbocycles. The Morgan fingerprint density at radius 2 is 1.91 bits per heavy atom. The number of piperidine rings is 1. The van der Waals surface area contributed by atoms with Gasteiger partial charge in [0.1, 0.15) is 18.2 Å². The van der Waals surface area contributed by atoms with Crippen LogP contribution in [0.15, 0.2) is 34.6 Å². The monoisotopic (exact) mass is 466 g/mol. The first-order chi connectivity index (χ1) is 15.1. The molecule has 1 fully saturated rings. The normalized spacial score (nSPS) is 15.5. The minimum absolute atomic E-state index is 0.0887. The Morgan fingerprint density at radius 3 is 2.50 bits per heavy atom. The molecule has 10 nitrogen and oxygen atoms in total. The molecule has 0 saturated carbocycles. The maximum atomic E-state index is 14.4. The summed E-state index contributed by atoms with van der Waals surface area (Å²) in [6.07, 6.45) is 2.17. The zero-order valence-electron chi connectivity index (χ0n) is 17.8. The number of hydrogen-bond acceptors (Lipinski definition) is 8. The number of carbonyl (C=O) groups is 1. The van der Waals surface area contributed by atoms with Crippen LogP contribution in [0, 0.1) is 12.7 Å². The maximum absolute atomic E-state index is 14.4. The summed E-state index contributed by atoms with van der Waals surface area (Å²) >= 11 is 0. The smallest absolute Gasteiger partial charge is 0.407 e. The summed E-state index contributed by atoms with van der Waals surface area (Å²) in [5.41, 5.74) is 0.757. The van der Waals surface area contributed by atoms with Gasteiger partial charge in [-0.1, -0.05) is 5.16 Å². The molecular formula is C20H23FN4O6S. The number of ether oxygens (including phenoxy) is 1. The highest BCUT2D eigenvalue weighted by atomic mass is 32.2. The second kappa shape index (κ2) is 9.47. The van der Waals surface area contributed by atoms with Crippen LogP contribution in [0.1, 0.15) is 30.9 Å². The Morgan fingerprint density at radius 1 is 1.25 bits per heavy atom. The van der Waals surface area contributed by atoms with Crippen molar-refractivity contribution in [2.45, 2.75) is 37.7 Å². The van der Waals surface area contributed by atoms with E-state index in [4.69, 9.17) is 14.7 Å². The summed E-state index contributed by atoms with van der Waals surface area (Å²) in [6.45, 7) is 3.95. The van der Waals surface area contributed by atoms with Crippen LogP contribution >= 0.6 is 0 Å². The number of sulfone groups is 1. The highest BCUT2D eigenvalue weighted by molar-refractivity contribution is 7.90. The van der Waals surface area contributed by atoms with Gasteiger partial charge < -0.3 is 19.6 Å². The average Bonchev–Trinajstić information content (AvgIpc) is 2.73. The van der Waals surface area contributed by atoms with Crippen LogP contribution in [0.3, 0.4) is 0 Å². The lowest BCUT2D eigenvalue weighted by Crippen LogP contribution is -2.41. The van der Waals surface area contributed by atoms with Crippen LogP contribution in [-0.4, -0.2) is 65.6 Å². The minimum Gasteiger partial charge on any atom is -0.474 e. The standard InChI is InChI=1S/C20H23FN4O6S/c1-12-18(30-14-6-8-25(9-7-14)20(26)27)22-11-23-19(12)31-24-13(2)16-5-4-15(10-17(16)21)32(3,28)29/h4-5,10-11,14H,6-9H2,1-3H3,(H,26,27)/b24-13-. The maximum Gasteiger partial charge on any atom is 0.407 e. The van der Waals surface area contributed by atoms with Crippen molar-refractivity contribution < 1.29 is 32.3 Å². The number of likely N-dealkylation sites (tertiary alicyclic amines) is 1. The Hall–Kier alpha value is -3.28. The van der Waals surface area contributed by atoms with Crippen molar-refractivity contribution in [1.82, 2.24) is 14.9 Å². The summed E-state index contributed by atoms with van der Waals surface area (Å²) < 4.78 is 43.4. The fourth-order valence-electron chi connectivity index (χ4n) is 3.13. The molecule has 0 bridgehead atoms. The highest BCUT2D eigenvalue weighted by Gasteiger charge is 2.25. The SMILES string of the molecule is C/C(=N/Oc1ncnc(OC2CCN(C(=O)O)CC2)c1C)c1ccc(S(C)(=O)=O)cc1F. The Kier molecular flexibility index (Phi) is 6.92. The molecule has 1 aliphatic rings. The van der Waals surface area contributed by atoms with E-state index in [0.29, 0.717) is 37.4 Å². The number of hydrogen-bond donors (Lipinski definition) is 1. The molecule has 0 spiro atoms. The lowest BCUT2D eigenvalue weighted by molar-refractivity contribution is 0.0863. The molecule has 2 heterocycles. The molecule has 0 atom stereocenters. The largest absolute Gasteiger partial charge is 0.474 e. The number of benzene rings is 1. The predicted octanol–water partition coefficient (Wildman–Crippen LogP) is 2.65. The molecule has 1 N–H and O–H groups in total. The molecule has 172 valence electrons. The minimum atomic E-state index is -3.53. The third-order valence-corrected chi connectivity index (χ3v) is 6.12. The van der Waals surface area contributed by atoms with E-state index >= 15 is 0 Å². The topological polar surface area (TPSA) is 131 Å². The molecule has 1 amide bonds. The zero-order chi connectivity index (χ0) is 23.5. The molecule has 32 heavy (non-hydrogen) atoms. The van der Waals surface area contributed by atoms with Gasteiger partial charge in [-0.25, -0.2) is 22.6 Å². The second-order valence-corrected chi connectivity index (χ2v) is 9.39. The Labute approximate surface area is 184 Å². The fourth-order valence-corrected chi connectivity index (χ4v) is 3.77. The molecular weight excluding hydrogens is 443 g/mol. The molecule has 1 aromatic heterocycles. The van der Waals surface area contributed by atoms with Crippen LogP contribution in [-0.2, 0) is 9.84 Å². The van der Waals surface area contributed by atoms with Crippen LogP contribution in [0.25, 0.3) is 0 Å². The third kappa shape index (κ3) is 5.49. The van der Waals surface area contributed by atoms with Gasteiger partial charge in [-0.05, 0) is 32.0 Å². The van der Waals surface area contributed by atoms with E-state index in [1.165, 1.54) is 30.3 Å². The number of carboxylic acid groups (broad SMARTS) is 1. The van der Waals surface area contributed by atoms with Crippen LogP contribution < -0.4 is 9.57 Å². The number of nitrogens with zero attached hydrogens (tertiary/aromatic N) is 4. The summed E-state index contributed by atoms with van der Waals surface area (Å²) in [5, 5.41) is 12.9. The lowest BCUT2D eigenvalue weighted by atomic mass is 10.1. The average molecular weight is 466 g/mol. The van der Waals surface area contributed by atoms with Crippen molar-refractivity contribution in [2.75, 3.05) is 19.3 Å². The second-order valence-electron chi connectivity index (χ2n) is 7.38. The van der Waals surface area contributed by atoms with E-state index in [0.717, 1.165) is 12.3 Å².